The summed E-state index contributed by atoms with van der Waals surface area (Å²) in [6, 6.07) is 4.94. The third-order valence-electron chi connectivity index (χ3n) is 3.38. The van der Waals surface area contributed by atoms with Crippen molar-refractivity contribution in [2.75, 3.05) is 32.7 Å². The van der Waals surface area contributed by atoms with Crippen LogP contribution in [0.1, 0.15) is 12.8 Å². The van der Waals surface area contributed by atoms with E-state index < -0.39 is 11.8 Å². The number of benzene rings is 1. The molecule has 2 amide bonds. The number of ether oxygens (including phenoxy) is 3. The zero-order valence-corrected chi connectivity index (χ0v) is 12.7. The van der Waals surface area contributed by atoms with E-state index in [1.54, 1.807) is 18.2 Å². The predicted octanol–water partition coefficient (Wildman–Crippen LogP) is 0.937. The highest BCUT2D eigenvalue weighted by atomic mass is 16.5. The van der Waals surface area contributed by atoms with Crippen molar-refractivity contribution >= 4 is 17.5 Å². The van der Waals surface area contributed by atoms with Gasteiger partial charge in [0.15, 0.2) is 0 Å². The summed E-state index contributed by atoms with van der Waals surface area (Å²) in [7, 11) is 3.00. The molecule has 0 aliphatic carbocycles. The Morgan fingerprint density at radius 1 is 1.27 bits per heavy atom. The lowest BCUT2D eigenvalue weighted by Crippen LogP contribution is -2.39. The normalized spacial score (nSPS) is 16.9. The fourth-order valence-corrected chi connectivity index (χ4v) is 2.18. The standard InChI is InChI=1S/C15H20N2O5/c1-20-10-5-6-13(21-2)12(8-10)17-15(19)14(18)16-9-11-4-3-7-22-11/h5-6,8,11H,3-4,7,9H2,1-2H3,(H,16,18)(H,17,19)/t11-/m1/s1. The fourth-order valence-electron chi connectivity index (χ4n) is 2.18. The maximum absolute atomic E-state index is 11.9. The molecule has 1 saturated heterocycles. The van der Waals surface area contributed by atoms with Gasteiger partial charge in [-0.05, 0) is 25.0 Å². The molecule has 1 aliphatic rings. The Kier molecular flexibility index (Phi) is 5.60. The second-order valence-electron chi connectivity index (χ2n) is 4.87. The smallest absolute Gasteiger partial charge is 0.313 e. The highest BCUT2D eigenvalue weighted by Crippen LogP contribution is 2.28. The van der Waals surface area contributed by atoms with Crippen LogP contribution >= 0.6 is 0 Å². The molecule has 0 radical (unpaired) electrons. The molecule has 2 rings (SSSR count). The first-order chi connectivity index (χ1) is 10.6. The van der Waals surface area contributed by atoms with E-state index in [2.05, 4.69) is 10.6 Å². The van der Waals surface area contributed by atoms with E-state index in [0.717, 1.165) is 12.8 Å². The summed E-state index contributed by atoms with van der Waals surface area (Å²) in [5.41, 5.74) is 0.374. The number of carbonyl (C=O) groups is 2. The Morgan fingerprint density at radius 3 is 2.73 bits per heavy atom. The van der Waals surface area contributed by atoms with E-state index >= 15 is 0 Å². The number of nitrogens with one attached hydrogen (secondary N) is 2. The molecule has 7 nitrogen and oxygen atoms in total. The molecule has 1 aromatic carbocycles. The molecule has 0 saturated carbocycles. The van der Waals surface area contributed by atoms with Crippen molar-refractivity contribution in [3.05, 3.63) is 18.2 Å². The molecule has 1 aromatic rings. The molecular formula is C15H20N2O5. The number of carbonyl (C=O) groups excluding carboxylic acids is 2. The highest BCUT2D eigenvalue weighted by Gasteiger charge is 2.20. The Hall–Kier alpha value is -2.28. The van der Waals surface area contributed by atoms with Crippen LogP contribution in [0.3, 0.4) is 0 Å². The lowest BCUT2D eigenvalue weighted by Gasteiger charge is -2.13. The number of methoxy groups -OCH3 is 2. The van der Waals surface area contributed by atoms with E-state index in [1.807, 2.05) is 0 Å². The van der Waals surface area contributed by atoms with E-state index in [1.165, 1.54) is 14.2 Å². The third-order valence-corrected chi connectivity index (χ3v) is 3.38. The van der Waals surface area contributed by atoms with Gasteiger partial charge in [-0.3, -0.25) is 9.59 Å². The fraction of sp³-hybridized carbons (Fsp3) is 0.467. The number of rotatable bonds is 5. The van der Waals surface area contributed by atoms with Crippen LogP contribution in [-0.4, -0.2) is 45.3 Å². The Balaban J connectivity index is 1.93. The first kappa shape index (κ1) is 16.1. The average molecular weight is 308 g/mol. The van der Waals surface area contributed by atoms with Crippen molar-refractivity contribution < 1.29 is 23.8 Å². The number of hydrogen-bond donors (Lipinski definition) is 2. The average Bonchev–Trinajstić information content (AvgIpc) is 3.05. The molecule has 1 heterocycles. The lowest BCUT2D eigenvalue weighted by molar-refractivity contribution is -0.136. The van der Waals surface area contributed by atoms with Crippen molar-refractivity contribution in [3.63, 3.8) is 0 Å². The minimum absolute atomic E-state index is 0.0110. The summed E-state index contributed by atoms with van der Waals surface area (Å²) in [6.45, 7) is 1.04. The van der Waals surface area contributed by atoms with Crippen LogP contribution < -0.4 is 20.1 Å². The first-order valence-electron chi connectivity index (χ1n) is 7.07. The maximum Gasteiger partial charge on any atom is 0.313 e. The minimum atomic E-state index is -0.760. The van der Waals surface area contributed by atoms with Gasteiger partial charge in [0.25, 0.3) is 0 Å². The summed E-state index contributed by atoms with van der Waals surface area (Å²) in [5, 5.41) is 5.08. The molecule has 7 heteroatoms. The quantitative estimate of drug-likeness (QED) is 0.791. The van der Waals surface area contributed by atoms with Gasteiger partial charge in [0.2, 0.25) is 0 Å². The van der Waals surface area contributed by atoms with Crippen LogP contribution in [0.15, 0.2) is 18.2 Å². The highest BCUT2D eigenvalue weighted by molar-refractivity contribution is 6.39. The van der Waals surface area contributed by atoms with Crippen molar-refractivity contribution in [2.24, 2.45) is 0 Å². The van der Waals surface area contributed by atoms with Gasteiger partial charge >= 0.3 is 11.8 Å². The van der Waals surface area contributed by atoms with Crippen molar-refractivity contribution in [1.82, 2.24) is 5.32 Å². The summed E-state index contributed by atoms with van der Waals surface area (Å²) >= 11 is 0. The van der Waals surface area contributed by atoms with E-state index in [0.29, 0.717) is 30.3 Å². The summed E-state index contributed by atoms with van der Waals surface area (Å²) in [4.78, 5) is 23.7. The van der Waals surface area contributed by atoms with Gasteiger partial charge in [0.05, 0.1) is 26.0 Å². The van der Waals surface area contributed by atoms with Gasteiger partial charge in [-0.1, -0.05) is 0 Å². The van der Waals surface area contributed by atoms with E-state index in [4.69, 9.17) is 14.2 Å². The molecule has 0 spiro atoms. The summed E-state index contributed by atoms with van der Waals surface area (Å²) in [6.07, 6.45) is 1.86. The zero-order valence-electron chi connectivity index (χ0n) is 12.7. The minimum Gasteiger partial charge on any atom is -0.497 e. The number of amides is 2. The molecule has 120 valence electrons. The van der Waals surface area contributed by atoms with Crippen LogP contribution in [0.5, 0.6) is 11.5 Å². The third kappa shape index (κ3) is 4.11. The maximum atomic E-state index is 11.9. The first-order valence-corrected chi connectivity index (χ1v) is 7.07. The number of hydrogen-bond acceptors (Lipinski definition) is 5. The van der Waals surface area contributed by atoms with Crippen LogP contribution in [0, 0.1) is 0 Å². The van der Waals surface area contributed by atoms with Crippen molar-refractivity contribution in [1.29, 1.82) is 0 Å². The van der Waals surface area contributed by atoms with E-state index in [9.17, 15) is 9.59 Å². The van der Waals surface area contributed by atoms with Gasteiger partial charge in [-0.15, -0.1) is 0 Å². The van der Waals surface area contributed by atoms with Crippen molar-refractivity contribution in [2.45, 2.75) is 18.9 Å². The molecular weight excluding hydrogens is 288 g/mol. The molecule has 0 aromatic heterocycles. The summed E-state index contributed by atoms with van der Waals surface area (Å²) < 4.78 is 15.6. The second-order valence-corrected chi connectivity index (χ2v) is 4.87. The van der Waals surface area contributed by atoms with Gasteiger partial charge < -0.3 is 24.8 Å². The summed E-state index contributed by atoms with van der Waals surface area (Å²) in [5.74, 6) is -0.470. The SMILES string of the molecule is COc1ccc(OC)c(NC(=O)C(=O)NC[C@H]2CCCO2)c1. The monoisotopic (exact) mass is 308 g/mol. The topological polar surface area (TPSA) is 85.9 Å². The Labute approximate surface area is 128 Å². The molecule has 1 atom stereocenters. The second kappa shape index (κ2) is 7.65. The zero-order chi connectivity index (χ0) is 15.9. The molecule has 1 aliphatic heterocycles. The molecule has 1 fully saturated rings. The van der Waals surface area contributed by atoms with Crippen LogP contribution in [-0.2, 0) is 14.3 Å². The van der Waals surface area contributed by atoms with Gasteiger partial charge in [-0.25, -0.2) is 0 Å². The predicted molar refractivity (Wildman–Crippen MR) is 80.2 cm³/mol. The largest absolute Gasteiger partial charge is 0.497 e. The number of anilines is 1. The van der Waals surface area contributed by atoms with Crippen molar-refractivity contribution in [3.8, 4) is 11.5 Å². The molecule has 0 bridgehead atoms. The molecule has 22 heavy (non-hydrogen) atoms. The Bertz CT molecular complexity index is 541. The van der Waals surface area contributed by atoms with Gasteiger partial charge in [0.1, 0.15) is 11.5 Å². The van der Waals surface area contributed by atoms with Gasteiger partial charge in [0, 0.05) is 19.2 Å². The van der Waals surface area contributed by atoms with Crippen LogP contribution in [0.25, 0.3) is 0 Å². The lowest BCUT2D eigenvalue weighted by atomic mass is 10.2. The van der Waals surface area contributed by atoms with Gasteiger partial charge in [-0.2, -0.15) is 0 Å². The molecule has 0 unspecified atom stereocenters. The Morgan fingerprint density at radius 2 is 2.09 bits per heavy atom. The van der Waals surface area contributed by atoms with E-state index in [-0.39, 0.29) is 6.10 Å². The van der Waals surface area contributed by atoms with Crippen LogP contribution in [0.2, 0.25) is 0 Å². The van der Waals surface area contributed by atoms with Crippen LogP contribution in [0.4, 0.5) is 5.69 Å². The molecule has 2 N–H and O–H groups in total.